The molecule has 2 aromatic rings. The summed E-state index contributed by atoms with van der Waals surface area (Å²) in [6.45, 7) is 5.27. The fraction of sp³-hybridized carbons (Fsp3) is 0.583. The Bertz CT molecular complexity index is 461. The Hall–Kier alpha value is -1.23. The van der Waals surface area contributed by atoms with E-state index in [-0.39, 0.29) is 0 Å². The van der Waals surface area contributed by atoms with Gasteiger partial charge >= 0.3 is 0 Å². The Morgan fingerprint density at radius 2 is 2.18 bits per heavy atom. The van der Waals surface area contributed by atoms with E-state index in [0.717, 1.165) is 43.7 Å². The van der Waals surface area contributed by atoms with Gasteiger partial charge in [0.05, 0.1) is 5.01 Å². The minimum atomic E-state index is 0.900. The van der Waals surface area contributed by atoms with Crippen LogP contribution in [0.4, 0.5) is 0 Å². The fourth-order valence-electron chi connectivity index (χ4n) is 1.68. The van der Waals surface area contributed by atoms with Crippen molar-refractivity contribution in [1.29, 1.82) is 0 Å². The average Bonchev–Trinajstić information content (AvgIpc) is 2.94. The van der Waals surface area contributed by atoms with Crippen molar-refractivity contribution in [2.75, 3.05) is 0 Å². The van der Waals surface area contributed by atoms with Gasteiger partial charge in [-0.15, -0.1) is 11.3 Å². The Morgan fingerprint density at radius 3 is 2.94 bits per heavy atom. The number of unbranched alkanes of at least 4 members (excludes halogenated alkanes) is 1. The number of hydrogen-bond donors (Lipinski definition) is 0. The monoisotopic (exact) mass is 250 g/mol. The first kappa shape index (κ1) is 12.2. The summed E-state index contributed by atoms with van der Waals surface area (Å²) in [5, 5.41) is 7.52. The molecule has 0 saturated carbocycles. The van der Waals surface area contributed by atoms with E-state index < -0.39 is 0 Å². The maximum atomic E-state index is 4.61. The molecule has 0 bridgehead atoms. The molecule has 0 aliphatic carbocycles. The molecule has 2 aromatic heterocycles. The Balaban J connectivity index is 2.17. The lowest BCUT2D eigenvalue weighted by Gasteiger charge is -2.02. The van der Waals surface area contributed by atoms with Crippen molar-refractivity contribution in [2.45, 2.75) is 46.1 Å². The molecule has 0 spiro atoms. The molecule has 0 aliphatic heterocycles. The predicted octanol–water partition coefficient (Wildman–Crippen LogP) is 3.15. The van der Waals surface area contributed by atoms with Crippen LogP contribution in [-0.2, 0) is 13.0 Å². The number of thiazole rings is 1. The molecule has 0 unspecified atom stereocenters. The maximum absolute atomic E-state index is 4.61. The third kappa shape index (κ3) is 2.91. The zero-order chi connectivity index (χ0) is 12.1. The van der Waals surface area contributed by atoms with E-state index in [2.05, 4.69) is 34.3 Å². The van der Waals surface area contributed by atoms with Gasteiger partial charge in [0.1, 0.15) is 12.0 Å². The van der Waals surface area contributed by atoms with Crippen molar-refractivity contribution < 1.29 is 0 Å². The van der Waals surface area contributed by atoms with Crippen molar-refractivity contribution in [3.8, 4) is 11.5 Å². The van der Waals surface area contributed by atoms with E-state index in [4.69, 9.17) is 0 Å². The zero-order valence-electron chi connectivity index (χ0n) is 10.4. The number of hydrogen-bond acceptors (Lipinski definition) is 4. The summed E-state index contributed by atoms with van der Waals surface area (Å²) in [5.74, 6) is 0.900. The molecule has 2 rings (SSSR count). The summed E-state index contributed by atoms with van der Waals surface area (Å²) in [4.78, 5) is 8.92. The summed E-state index contributed by atoms with van der Waals surface area (Å²) >= 11 is 1.71. The van der Waals surface area contributed by atoms with E-state index >= 15 is 0 Å². The lowest BCUT2D eigenvalue weighted by molar-refractivity contribution is 0.575. The standard InChI is InChI=1S/C12H18N4S/c1-3-5-7-16-12(13-9-14-16)10-8-17-11(15-10)6-4-2/h8-9H,3-7H2,1-2H3. The van der Waals surface area contributed by atoms with Gasteiger partial charge in [0.25, 0.3) is 0 Å². The molecule has 0 amide bonds. The van der Waals surface area contributed by atoms with Crippen molar-refractivity contribution in [2.24, 2.45) is 0 Å². The Kier molecular flexibility index (Phi) is 4.25. The maximum Gasteiger partial charge on any atom is 0.177 e. The molecule has 17 heavy (non-hydrogen) atoms. The minimum absolute atomic E-state index is 0.900. The summed E-state index contributed by atoms with van der Waals surface area (Å²) in [6, 6.07) is 0. The molecule has 5 heteroatoms. The highest BCUT2D eigenvalue weighted by molar-refractivity contribution is 7.09. The topological polar surface area (TPSA) is 43.6 Å². The molecule has 0 fully saturated rings. The number of nitrogens with zero attached hydrogens (tertiary/aromatic N) is 4. The van der Waals surface area contributed by atoms with Crippen molar-refractivity contribution in [1.82, 2.24) is 19.7 Å². The van der Waals surface area contributed by atoms with E-state index in [1.165, 1.54) is 5.01 Å². The normalized spacial score (nSPS) is 10.9. The van der Waals surface area contributed by atoms with Crippen LogP contribution >= 0.6 is 11.3 Å². The molecule has 0 aromatic carbocycles. The highest BCUT2D eigenvalue weighted by Gasteiger charge is 2.10. The van der Waals surface area contributed by atoms with Gasteiger partial charge in [-0.25, -0.2) is 14.6 Å². The van der Waals surface area contributed by atoms with Gasteiger partial charge in [-0.1, -0.05) is 20.3 Å². The van der Waals surface area contributed by atoms with Crippen LogP contribution in [0.15, 0.2) is 11.7 Å². The van der Waals surface area contributed by atoms with Gasteiger partial charge in [-0.2, -0.15) is 5.10 Å². The Labute approximate surface area is 106 Å². The molecule has 0 aliphatic rings. The molecule has 0 atom stereocenters. The van der Waals surface area contributed by atoms with Gasteiger partial charge in [0.15, 0.2) is 5.82 Å². The summed E-state index contributed by atoms with van der Waals surface area (Å²) in [5.41, 5.74) is 0.965. The van der Waals surface area contributed by atoms with Crippen LogP contribution in [0.25, 0.3) is 11.5 Å². The smallest absolute Gasteiger partial charge is 0.177 e. The molecule has 2 heterocycles. The van der Waals surface area contributed by atoms with Gasteiger partial charge in [0, 0.05) is 11.9 Å². The van der Waals surface area contributed by atoms with Crippen LogP contribution in [-0.4, -0.2) is 19.7 Å². The van der Waals surface area contributed by atoms with E-state index in [9.17, 15) is 0 Å². The van der Waals surface area contributed by atoms with Crippen LogP contribution < -0.4 is 0 Å². The molecular formula is C12H18N4S. The second kappa shape index (κ2) is 5.91. The van der Waals surface area contributed by atoms with Gasteiger partial charge in [-0.05, 0) is 19.3 Å². The first-order chi connectivity index (χ1) is 8.35. The summed E-state index contributed by atoms with van der Waals surface area (Å²) in [7, 11) is 0. The average molecular weight is 250 g/mol. The van der Waals surface area contributed by atoms with Crippen LogP contribution in [0.2, 0.25) is 0 Å². The first-order valence-corrected chi connectivity index (χ1v) is 7.05. The largest absolute Gasteiger partial charge is 0.244 e. The van der Waals surface area contributed by atoms with Crippen LogP contribution in [0, 0.1) is 0 Å². The second-order valence-electron chi connectivity index (χ2n) is 4.04. The third-order valence-corrected chi connectivity index (χ3v) is 3.49. The second-order valence-corrected chi connectivity index (χ2v) is 4.98. The van der Waals surface area contributed by atoms with Gasteiger partial charge in [0.2, 0.25) is 0 Å². The third-order valence-electron chi connectivity index (χ3n) is 2.58. The highest BCUT2D eigenvalue weighted by Crippen LogP contribution is 2.20. The van der Waals surface area contributed by atoms with Crippen LogP contribution in [0.3, 0.4) is 0 Å². The number of aryl methyl sites for hydroxylation is 2. The molecule has 92 valence electrons. The number of aromatic nitrogens is 4. The summed E-state index contributed by atoms with van der Waals surface area (Å²) < 4.78 is 1.95. The molecule has 4 nitrogen and oxygen atoms in total. The lowest BCUT2D eigenvalue weighted by atomic mass is 10.3. The lowest BCUT2D eigenvalue weighted by Crippen LogP contribution is -2.02. The van der Waals surface area contributed by atoms with Gasteiger partial charge in [-0.3, -0.25) is 0 Å². The SMILES string of the molecule is CCCCn1ncnc1-c1csc(CCC)n1. The Morgan fingerprint density at radius 1 is 1.29 bits per heavy atom. The molecule has 0 saturated heterocycles. The van der Waals surface area contributed by atoms with Gasteiger partial charge < -0.3 is 0 Å². The molecule has 0 radical (unpaired) electrons. The minimum Gasteiger partial charge on any atom is -0.244 e. The zero-order valence-corrected chi connectivity index (χ0v) is 11.2. The predicted molar refractivity (Wildman–Crippen MR) is 70.0 cm³/mol. The van der Waals surface area contributed by atoms with Crippen molar-refractivity contribution in [3.05, 3.63) is 16.7 Å². The summed E-state index contributed by atoms with van der Waals surface area (Å²) in [6.07, 6.45) is 6.09. The molecular weight excluding hydrogens is 232 g/mol. The van der Waals surface area contributed by atoms with E-state index in [1.807, 2.05) is 4.68 Å². The fourth-order valence-corrected chi connectivity index (χ4v) is 2.56. The van der Waals surface area contributed by atoms with E-state index in [0.29, 0.717) is 0 Å². The van der Waals surface area contributed by atoms with Crippen molar-refractivity contribution >= 4 is 11.3 Å². The number of rotatable bonds is 6. The molecule has 0 N–H and O–H groups in total. The highest BCUT2D eigenvalue weighted by atomic mass is 32.1. The first-order valence-electron chi connectivity index (χ1n) is 6.17. The van der Waals surface area contributed by atoms with E-state index in [1.54, 1.807) is 17.7 Å². The quantitative estimate of drug-likeness (QED) is 0.791. The van der Waals surface area contributed by atoms with Crippen LogP contribution in [0.5, 0.6) is 0 Å². The van der Waals surface area contributed by atoms with Crippen molar-refractivity contribution in [3.63, 3.8) is 0 Å². The van der Waals surface area contributed by atoms with Crippen LogP contribution in [0.1, 0.15) is 38.1 Å².